The van der Waals surface area contributed by atoms with Crippen LogP contribution in [0.5, 0.6) is 0 Å². The first-order chi connectivity index (χ1) is 14.4. The number of nitrogen functional groups attached to an aromatic ring is 1. The zero-order valence-corrected chi connectivity index (χ0v) is 17.4. The van der Waals surface area contributed by atoms with Crippen LogP contribution in [0.15, 0.2) is 23.2 Å². The number of nitriles is 2. The lowest BCUT2D eigenvalue weighted by Crippen LogP contribution is -2.32. The van der Waals surface area contributed by atoms with Gasteiger partial charge in [0, 0.05) is 6.42 Å². The van der Waals surface area contributed by atoms with Gasteiger partial charge in [-0.05, 0) is 49.3 Å². The molecule has 30 heavy (non-hydrogen) atoms. The van der Waals surface area contributed by atoms with Crippen LogP contribution in [0.2, 0.25) is 0 Å². The summed E-state index contributed by atoms with van der Waals surface area (Å²) < 4.78 is 0. The number of nitrogens with zero attached hydrogens (tertiary/aromatic N) is 4. The highest BCUT2D eigenvalue weighted by atomic mass is 32.2. The number of pyridine rings is 1. The topological polar surface area (TPSA) is 124 Å². The minimum Gasteiger partial charge on any atom is -0.383 e. The summed E-state index contributed by atoms with van der Waals surface area (Å²) in [7, 11) is 0. The van der Waals surface area contributed by atoms with Crippen molar-refractivity contribution in [3.63, 3.8) is 0 Å². The van der Waals surface area contributed by atoms with E-state index in [2.05, 4.69) is 17.1 Å². The van der Waals surface area contributed by atoms with Crippen LogP contribution in [0.25, 0.3) is 0 Å². The summed E-state index contributed by atoms with van der Waals surface area (Å²) in [5, 5.41) is 18.8. The Morgan fingerprint density at radius 2 is 1.77 bits per heavy atom. The summed E-state index contributed by atoms with van der Waals surface area (Å²) in [5.41, 5.74) is 9.45. The van der Waals surface area contributed by atoms with Crippen molar-refractivity contribution in [3.05, 3.63) is 46.0 Å². The molecule has 1 aromatic heterocycles. The summed E-state index contributed by atoms with van der Waals surface area (Å²) in [6.07, 6.45) is 1.79. The van der Waals surface area contributed by atoms with Crippen molar-refractivity contribution < 1.29 is 9.59 Å². The number of carbonyl (C=O) groups excluding carboxylic acids is 2. The van der Waals surface area contributed by atoms with Crippen molar-refractivity contribution in [1.29, 1.82) is 10.5 Å². The first-order valence-corrected chi connectivity index (χ1v) is 10.5. The van der Waals surface area contributed by atoms with Gasteiger partial charge in [0.2, 0.25) is 11.8 Å². The minimum atomic E-state index is -0.699. The van der Waals surface area contributed by atoms with Crippen LogP contribution in [0.3, 0.4) is 0 Å². The fraction of sp³-hybridized carbons (Fsp3) is 0.318. The highest BCUT2D eigenvalue weighted by Gasteiger charge is 2.42. The first kappa shape index (κ1) is 19.9. The van der Waals surface area contributed by atoms with Crippen molar-refractivity contribution in [2.45, 2.75) is 49.3 Å². The van der Waals surface area contributed by atoms with E-state index in [-0.39, 0.29) is 35.5 Å². The van der Waals surface area contributed by atoms with Crippen LogP contribution in [-0.4, -0.2) is 22.0 Å². The molecule has 2 aromatic rings. The van der Waals surface area contributed by atoms with Gasteiger partial charge in [0.1, 0.15) is 23.0 Å². The molecule has 1 aromatic carbocycles. The molecule has 2 fully saturated rings. The Balaban J connectivity index is 1.71. The Morgan fingerprint density at radius 1 is 1.13 bits per heavy atom. The summed E-state index contributed by atoms with van der Waals surface area (Å²) in [6.45, 7) is 3.73. The normalized spacial score (nSPS) is 18.4. The summed E-state index contributed by atoms with van der Waals surface area (Å²) >= 11 is 1.08. The Morgan fingerprint density at radius 3 is 2.33 bits per heavy atom. The molecule has 8 heteroatoms. The third-order valence-corrected chi connectivity index (χ3v) is 6.63. The first-order valence-electron chi connectivity index (χ1n) is 9.60. The van der Waals surface area contributed by atoms with Crippen LogP contribution < -0.4 is 10.6 Å². The molecule has 2 N–H and O–H groups in total. The predicted molar refractivity (Wildman–Crippen MR) is 113 cm³/mol. The van der Waals surface area contributed by atoms with Gasteiger partial charge in [-0.3, -0.25) is 9.59 Å². The van der Waals surface area contributed by atoms with Gasteiger partial charge in [-0.1, -0.05) is 30.0 Å². The van der Waals surface area contributed by atoms with Crippen LogP contribution in [-0.2, 0) is 9.59 Å². The van der Waals surface area contributed by atoms with Crippen LogP contribution in [0.4, 0.5) is 11.5 Å². The number of benzene rings is 1. The third-order valence-electron chi connectivity index (χ3n) is 5.46. The van der Waals surface area contributed by atoms with E-state index in [1.807, 2.05) is 32.0 Å². The Kier molecular flexibility index (Phi) is 4.97. The maximum absolute atomic E-state index is 13.2. The van der Waals surface area contributed by atoms with E-state index in [0.29, 0.717) is 21.8 Å². The number of aromatic nitrogens is 1. The second kappa shape index (κ2) is 7.47. The second-order valence-electron chi connectivity index (χ2n) is 7.58. The Labute approximate surface area is 178 Å². The number of amides is 2. The number of imide groups is 1. The van der Waals surface area contributed by atoms with Crippen LogP contribution in [0.1, 0.15) is 53.0 Å². The van der Waals surface area contributed by atoms with Crippen molar-refractivity contribution in [2.24, 2.45) is 0 Å². The average Bonchev–Trinajstić information content (AvgIpc) is 3.50. The third kappa shape index (κ3) is 3.20. The fourth-order valence-corrected chi connectivity index (χ4v) is 5.04. The fourth-order valence-electron chi connectivity index (χ4n) is 3.91. The number of thioether (sulfide) groups is 1. The van der Waals surface area contributed by atoms with Crippen LogP contribution >= 0.6 is 11.8 Å². The maximum atomic E-state index is 13.2. The lowest BCUT2D eigenvalue weighted by atomic mass is 10.0. The van der Waals surface area contributed by atoms with Crippen molar-refractivity contribution in [2.75, 3.05) is 10.6 Å². The summed E-state index contributed by atoms with van der Waals surface area (Å²) in [6, 6.07) is 9.82. The molecular formula is C22H19N5O2S. The van der Waals surface area contributed by atoms with Gasteiger partial charge in [0.25, 0.3) is 0 Å². The van der Waals surface area contributed by atoms with Gasteiger partial charge < -0.3 is 5.73 Å². The molecule has 1 atom stereocenters. The number of rotatable bonds is 4. The van der Waals surface area contributed by atoms with E-state index in [0.717, 1.165) is 35.7 Å². The molecular weight excluding hydrogens is 398 g/mol. The molecule has 1 aliphatic heterocycles. The molecule has 0 bridgehead atoms. The smallest absolute Gasteiger partial charge is 0.247 e. The zero-order valence-electron chi connectivity index (χ0n) is 16.6. The monoisotopic (exact) mass is 417 g/mol. The molecule has 2 amide bonds. The number of aryl methyl sites for hydroxylation is 2. The average molecular weight is 417 g/mol. The van der Waals surface area contributed by atoms with E-state index in [9.17, 15) is 20.1 Å². The lowest BCUT2D eigenvalue weighted by molar-refractivity contribution is -0.121. The summed E-state index contributed by atoms with van der Waals surface area (Å²) in [5.74, 6) is -0.434. The van der Waals surface area contributed by atoms with Crippen molar-refractivity contribution >= 4 is 35.1 Å². The van der Waals surface area contributed by atoms with Gasteiger partial charge in [-0.15, -0.1) is 0 Å². The second-order valence-corrected chi connectivity index (χ2v) is 8.77. The van der Waals surface area contributed by atoms with Crippen molar-refractivity contribution in [1.82, 2.24) is 4.98 Å². The number of anilines is 2. The zero-order chi connectivity index (χ0) is 21.6. The molecule has 4 rings (SSSR count). The van der Waals surface area contributed by atoms with E-state index in [1.165, 1.54) is 4.90 Å². The molecule has 0 radical (unpaired) electrons. The molecule has 2 heterocycles. The molecule has 1 saturated carbocycles. The van der Waals surface area contributed by atoms with Gasteiger partial charge in [-0.2, -0.15) is 10.5 Å². The number of nitrogens with two attached hydrogens (primary N) is 1. The van der Waals surface area contributed by atoms with Gasteiger partial charge in [-0.25, -0.2) is 9.88 Å². The van der Waals surface area contributed by atoms with Gasteiger partial charge in [0.05, 0.1) is 22.1 Å². The Hall–Kier alpha value is -3.36. The highest BCUT2D eigenvalue weighted by molar-refractivity contribution is 8.00. The molecule has 0 spiro atoms. The van der Waals surface area contributed by atoms with E-state index in [4.69, 9.17) is 5.73 Å². The van der Waals surface area contributed by atoms with Gasteiger partial charge in [0.15, 0.2) is 0 Å². The largest absolute Gasteiger partial charge is 0.383 e. The number of carbonyl (C=O) groups is 2. The number of hydrogen-bond donors (Lipinski definition) is 1. The molecule has 2 aliphatic rings. The summed E-state index contributed by atoms with van der Waals surface area (Å²) in [4.78, 5) is 31.4. The highest BCUT2D eigenvalue weighted by Crippen LogP contribution is 2.47. The van der Waals surface area contributed by atoms with E-state index >= 15 is 0 Å². The molecule has 1 saturated heterocycles. The maximum Gasteiger partial charge on any atom is 0.247 e. The van der Waals surface area contributed by atoms with Gasteiger partial charge >= 0.3 is 0 Å². The van der Waals surface area contributed by atoms with E-state index < -0.39 is 5.25 Å². The molecule has 0 unspecified atom stereocenters. The molecule has 1 aliphatic carbocycles. The Bertz CT molecular complexity index is 1150. The lowest BCUT2D eigenvalue weighted by Gasteiger charge is -2.20. The van der Waals surface area contributed by atoms with E-state index in [1.54, 1.807) is 0 Å². The number of para-hydroxylation sites is 1. The predicted octanol–water partition coefficient (Wildman–Crippen LogP) is 3.33. The number of hydrogen-bond acceptors (Lipinski definition) is 7. The van der Waals surface area contributed by atoms with Crippen LogP contribution in [0, 0.1) is 36.5 Å². The molecule has 7 nitrogen and oxygen atoms in total. The SMILES string of the molecule is Cc1cccc(C)c1N1C(=O)C[C@H](Sc2nc(N)c(C#N)c(C3CC3)c2C#N)C1=O. The quantitative estimate of drug-likeness (QED) is 0.757. The molecule has 150 valence electrons. The standard InChI is InChI=1S/C22H19N5O2S/c1-11-4-3-5-12(2)19(11)27-17(28)8-16(22(27)29)30-21-15(10-24)18(13-6-7-13)14(9-23)20(25)26-21/h3-5,13,16H,6-8H2,1-2H3,(H2,25,26)/t16-/m0/s1. The van der Waals surface area contributed by atoms with Crippen molar-refractivity contribution in [3.8, 4) is 12.1 Å². The minimum absolute atomic E-state index is 0.0164.